The Morgan fingerprint density at radius 1 is 1.32 bits per heavy atom. The van der Waals surface area contributed by atoms with Crippen molar-refractivity contribution in [2.45, 2.75) is 39.2 Å². The molecule has 1 saturated heterocycles. The van der Waals surface area contributed by atoms with Gasteiger partial charge in [-0.15, -0.1) is 24.8 Å². The Bertz CT molecular complexity index is 778. The van der Waals surface area contributed by atoms with E-state index in [2.05, 4.69) is 25.8 Å². The van der Waals surface area contributed by atoms with E-state index in [0.717, 1.165) is 37.9 Å². The van der Waals surface area contributed by atoms with E-state index in [1.807, 2.05) is 26.0 Å². The van der Waals surface area contributed by atoms with Gasteiger partial charge in [0.2, 0.25) is 17.6 Å². The summed E-state index contributed by atoms with van der Waals surface area (Å²) in [5.41, 5.74) is 1.01. The van der Waals surface area contributed by atoms with E-state index < -0.39 is 0 Å². The van der Waals surface area contributed by atoms with Crippen molar-refractivity contribution in [3.63, 3.8) is 0 Å². The zero-order valence-electron chi connectivity index (χ0n) is 16.1. The summed E-state index contributed by atoms with van der Waals surface area (Å²) >= 11 is 0. The fraction of sp³-hybridized carbons (Fsp3) is 0.579. The molecule has 0 aromatic carbocycles. The van der Waals surface area contributed by atoms with Gasteiger partial charge in [0.25, 0.3) is 0 Å². The van der Waals surface area contributed by atoms with Gasteiger partial charge in [0.05, 0.1) is 0 Å². The number of nitrogens with one attached hydrogen (secondary N) is 2. The van der Waals surface area contributed by atoms with Crippen molar-refractivity contribution in [2.75, 3.05) is 13.1 Å². The largest absolute Gasteiger partial charge is 0.344 e. The first kappa shape index (κ1) is 22.6. The van der Waals surface area contributed by atoms with Crippen molar-refractivity contribution >= 4 is 30.7 Å². The molecule has 2 N–H and O–H groups in total. The van der Waals surface area contributed by atoms with Crippen LogP contribution in [0.25, 0.3) is 11.4 Å². The summed E-state index contributed by atoms with van der Waals surface area (Å²) < 4.78 is 5.47. The van der Waals surface area contributed by atoms with Crippen molar-refractivity contribution in [3.05, 3.63) is 30.4 Å². The molecule has 4 rings (SSSR count). The number of carbonyl (C=O) groups excluding carboxylic acids is 1. The number of carbonyl (C=O) groups is 1. The Balaban J connectivity index is 0.00000140. The van der Waals surface area contributed by atoms with Gasteiger partial charge in [0, 0.05) is 23.9 Å². The number of hydrogen-bond donors (Lipinski definition) is 2. The lowest BCUT2D eigenvalue weighted by molar-refractivity contribution is -0.124. The number of piperidine rings is 1. The molecule has 1 saturated carbocycles. The predicted molar refractivity (Wildman–Crippen MR) is 110 cm³/mol. The summed E-state index contributed by atoms with van der Waals surface area (Å²) in [7, 11) is 0. The fourth-order valence-electron chi connectivity index (χ4n) is 3.94. The summed E-state index contributed by atoms with van der Waals surface area (Å²) in [5, 5.41) is 10.6. The lowest BCUT2D eigenvalue weighted by Crippen LogP contribution is -2.36. The normalized spacial score (nSPS) is 20.8. The quantitative estimate of drug-likeness (QED) is 0.760. The highest BCUT2D eigenvalue weighted by molar-refractivity contribution is 5.85. The molecule has 9 heteroatoms. The van der Waals surface area contributed by atoms with Crippen LogP contribution in [0.2, 0.25) is 0 Å². The van der Waals surface area contributed by atoms with Gasteiger partial charge < -0.3 is 15.2 Å². The second-order valence-corrected chi connectivity index (χ2v) is 7.80. The third-order valence-corrected chi connectivity index (χ3v) is 5.70. The Labute approximate surface area is 177 Å². The molecule has 1 spiro atoms. The van der Waals surface area contributed by atoms with Crippen molar-refractivity contribution in [1.82, 2.24) is 25.8 Å². The summed E-state index contributed by atoms with van der Waals surface area (Å²) in [4.78, 5) is 21.4. The molecule has 28 heavy (non-hydrogen) atoms. The van der Waals surface area contributed by atoms with E-state index in [9.17, 15) is 4.79 Å². The van der Waals surface area contributed by atoms with E-state index in [4.69, 9.17) is 4.52 Å². The van der Waals surface area contributed by atoms with Gasteiger partial charge in [-0.1, -0.05) is 19.0 Å². The van der Waals surface area contributed by atoms with E-state index >= 15 is 0 Å². The zero-order chi connectivity index (χ0) is 18.1. The van der Waals surface area contributed by atoms with E-state index in [1.54, 1.807) is 12.4 Å². The van der Waals surface area contributed by atoms with E-state index in [-0.39, 0.29) is 54.0 Å². The maximum atomic E-state index is 12.8. The first-order valence-corrected chi connectivity index (χ1v) is 9.34. The van der Waals surface area contributed by atoms with Gasteiger partial charge in [-0.3, -0.25) is 9.78 Å². The summed E-state index contributed by atoms with van der Waals surface area (Å²) in [5.74, 6) is 1.34. The Hall–Kier alpha value is -1.70. The van der Waals surface area contributed by atoms with Crippen LogP contribution in [-0.4, -0.2) is 34.1 Å². The van der Waals surface area contributed by atoms with Gasteiger partial charge in [-0.05, 0) is 55.8 Å². The van der Waals surface area contributed by atoms with Crippen LogP contribution in [0, 0.1) is 17.3 Å². The van der Waals surface area contributed by atoms with Crippen LogP contribution in [0.15, 0.2) is 29.0 Å². The molecule has 1 amide bonds. The molecule has 3 heterocycles. The highest BCUT2D eigenvalue weighted by Gasteiger charge is 2.57. The molecule has 0 radical (unpaired) electrons. The fourth-order valence-corrected chi connectivity index (χ4v) is 3.94. The molecule has 2 aliphatic rings. The Kier molecular flexibility index (Phi) is 7.42. The first-order chi connectivity index (χ1) is 12.6. The standard InChI is InChI=1S/C19H25N5O2.2ClH/c1-12(2)15(18-23-16(24-26-18)13-4-3-7-21-11-13)22-17(25)14-10-19(14)5-8-20-9-6-19;;/h3-4,7,11-12,14-15,20H,5-6,8-10H2,1-2H3,(H,22,25);2*1H. The third kappa shape index (κ3) is 4.47. The van der Waals surface area contributed by atoms with Crippen LogP contribution < -0.4 is 10.6 Å². The van der Waals surface area contributed by atoms with Crippen LogP contribution in [-0.2, 0) is 4.79 Å². The molecule has 0 bridgehead atoms. The maximum Gasteiger partial charge on any atom is 0.249 e. The number of pyridine rings is 1. The minimum Gasteiger partial charge on any atom is -0.344 e. The van der Waals surface area contributed by atoms with E-state index in [0.29, 0.717) is 11.7 Å². The average molecular weight is 428 g/mol. The van der Waals surface area contributed by atoms with Crippen LogP contribution in [0.3, 0.4) is 0 Å². The minimum absolute atomic E-state index is 0. The SMILES string of the molecule is CC(C)C(NC(=O)C1CC12CCNCC2)c1nc(-c2cccnc2)no1.Cl.Cl. The van der Waals surface area contributed by atoms with Gasteiger partial charge in [0.1, 0.15) is 6.04 Å². The number of amides is 1. The molecule has 2 atom stereocenters. The third-order valence-electron chi connectivity index (χ3n) is 5.70. The van der Waals surface area contributed by atoms with Crippen LogP contribution in [0.1, 0.15) is 45.0 Å². The van der Waals surface area contributed by atoms with Crippen molar-refractivity contribution in [2.24, 2.45) is 17.3 Å². The van der Waals surface area contributed by atoms with Gasteiger partial charge >= 0.3 is 0 Å². The van der Waals surface area contributed by atoms with Crippen molar-refractivity contribution in [1.29, 1.82) is 0 Å². The highest BCUT2D eigenvalue weighted by Crippen LogP contribution is 2.58. The molecule has 7 nitrogen and oxygen atoms in total. The first-order valence-electron chi connectivity index (χ1n) is 9.34. The molecule has 2 aromatic heterocycles. The highest BCUT2D eigenvalue weighted by atomic mass is 35.5. The second kappa shape index (κ2) is 9.20. The summed E-state index contributed by atoms with van der Waals surface area (Å²) in [6, 6.07) is 3.44. The number of hydrogen-bond acceptors (Lipinski definition) is 6. The molecule has 1 aliphatic carbocycles. The molecule has 154 valence electrons. The molecule has 1 aliphatic heterocycles. The maximum absolute atomic E-state index is 12.8. The second-order valence-electron chi connectivity index (χ2n) is 7.80. The Morgan fingerprint density at radius 2 is 2.07 bits per heavy atom. The smallest absolute Gasteiger partial charge is 0.249 e. The van der Waals surface area contributed by atoms with Crippen LogP contribution in [0.5, 0.6) is 0 Å². The average Bonchev–Trinajstić information content (AvgIpc) is 3.13. The number of nitrogens with zero attached hydrogens (tertiary/aromatic N) is 3. The lowest BCUT2D eigenvalue weighted by Gasteiger charge is -2.24. The molecule has 2 unspecified atom stereocenters. The predicted octanol–water partition coefficient (Wildman–Crippen LogP) is 3.18. The molecular formula is C19H27Cl2N5O2. The Morgan fingerprint density at radius 3 is 2.71 bits per heavy atom. The van der Waals surface area contributed by atoms with Gasteiger partial charge in [-0.25, -0.2) is 0 Å². The molecule has 2 fully saturated rings. The van der Waals surface area contributed by atoms with Gasteiger partial charge in [-0.2, -0.15) is 4.98 Å². The zero-order valence-corrected chi connectivity index (χ0v) is 17.7. The summed E-state index contributed by atoms with van der Waals surface area (Å²) in [6.45, 7) is 6.11. The van der Waals surface area contributed by atoms with Crippen LogP contribution >= 0.6 is 24.8 Å². The van der Waals surface area contributed by atoms with Gasteiger partial charge in [0.15, 0.2) is 0 Å². The molecule has 2 aromatic rings. The lowest BCUT2D eigenvalue weighted by atomic mass is 9.91. The van der Waals surface area contributed by atoms with E-state index in [1.165, 1.54) is 0 Å². The number of halogens is 2. The number of aromatic nitrogens is 3. The summed E-state index contributed by atoms with van der Waals surface area (Å²) in [6.07, 6.45) is 6.57. The molecular weight excluding hydrogens is 401 g/mol. The van der Waals surface area contributed by atoms with Crippen molar-refractivity contribution < 1.29 is 9.32 Å². The van der Waals surface area contributed by atoms with Crippen LogP contribution in [0.4, 0.5) is 0 Å². The van der Waals surface area contributed by atoms with Crippen molar-refractivity contribution in [3.8, 4) is 11.4 Å². The monoisotopic (exact) mass is 427 g/mol. The minimum atomic E-state index is -0.278. The topological polar surface area (TPSA) is 92.9 Å². The number of rotatable bonds is 5.